The normalized spacial score (nSPS) is 10.1. The highest BCUT2D eigenvalue weighted by Gasteiger charge is 2.15. The fraction of sp³-hybridized carbons (Fsp3) is 0.800. The van der Waals surface area contributed by atoms with Crippen molar-refractivity contribution in [2.24, 2.45) is 5.92 Å². The second-order valence-electron chi connectivity index (χ2n) is 3.65. The van der Waals surface area contributed by atoms with Crippen molar-refractivity contribution in [2.75, 3.05) is 20.2 Å². The predicted molar refractivity (Wildman–Crippen MR) is 53.7 cm³/mol. The van der Waals surface area contributed by atoms with Gasteiger partial charge in [0.25, 0.3) is 0 Å². The van der Waals surface area contributed by atoms with E-state index in [1.54, 1.807) is 18.9 Å². The van der Waals surface area contributed by atoms with Crippen molar-refractivity contribution >= 4 is 11.9 Å². The van der Waals surface area contributed by atoms with Gasteiger partial charge < -0.3 is 9.64 Å². The molecule has 0 aliphatic carbocycles. The van der Waals surface area contributed by atoms with Crippen LogP contribution < -0.4 is 0 Å². The number of carbonyl (C=O) groups excluding carboxylic acids is 2. The minimum Gasteiger partial charge on any atom is -0.466 e. The molecular formula is C10H19NO3. The summed E-state index contributed by atoms with van der Waals surface area (Å²) in [4.78, 5) is 23.9. The smallest absolute Gasteiger partial charge is 0.315 e. The molecule has 82 valence electrons. The lowest BCUT2D eigenvalue weighted by molar-refractivity contribution is -0.148. The fourth-order valence-electron chi connectivity index (χ4n) is 1.12. The van der Waals surface area contributed by atoms with Crippen molar-refractivity contribution in [3.8, 4) is 0 Å². The first-order valence-corrected chi connectivity index (χ1v) is 4.87. The molecule has 0 fully saturated rings. The molecule has 0 unspecified atom stereocenters. The first-order chi connectivity index (χ1) is 6.47. The summed E-state index contributed by atoms with van der Waals surface area (Å²) in [5.74, 6) is -0.226. The molecule has 0 aromatic heterocycles. The maximum atomic E-state index is 11.4. The molecule has 14 heavy (non-hydrogen) atoms. The zero-order valence-corrected chi connectivity index (χ0v) is 9.37. The lowest BCUT2D eigenvalue weighted by Gasteiger charge is -2.18. The topological polar surface area (TPSA) is 46.6 Å². The summed E-state index contributed by atoms with van der Waals surface area (Å²) in [6.45, 7) is 6.75. The molecule has 0 rings (SSSR count). The van der Waals surface area contributed by atoms with E-state index in [-0.39, 0.29) is 12.3 Å². The number of hydrogen-bond acceptors (Lipinski definition) is 3. The van der Waals surface area contributed by atoms with E-state index in [0.717, 1.165) is 0 Å². The van der Waals surface area contributed by atoms with Crippen molar-refractivity contribution in [1.82, 2.24) is 4.90 Å². The number of hydrogen-bond donors (Lipinski definition) is 0. The van der Waals surface area contributed by atoms with Gasteiger partial charge in [0.1, 0.15) is 6.42 Å². The lowest BCUT2D eigenvalue weighted by Crippen LogP contribution is -2.32. The van der Waals surface area contributed by atoms with Gasteiger partial charge in [-0.25, -0.2) is 0 Å². The van der Waals surface area contributed by atoms with Crippen molar-refractivity contribution < 1.29 is 14.3 Å². The lowest BCUT2D eigenvalue weighted by atomic mass is 10.2. The first-order valence-electron chi connectivity index (χ1n) is 4.87. The second kappa shape index (κ2) is 6.40. The van der Waals surface area contributed by atoms with Gasteiger partial charge in [0.2, 0.25) is 5.91 Å². The summed E-state index contributed by atoms with van der Waals surface area (Å²) in [5.41, 5.74) is 0. The maximum absolute atomic E-state index is 11.4. The summed E-state index contributed by atoms with van der Waals surface area (Å²) in [6, 6.07) is 0. The van der Waals surface area contributed by atoms with Gasteiger partial charge in [-0.1, -0.05) is 13.8 Å². The second-order valence-corrected chi connectivity index (χ2v) is 3.65. The highest BCUT2D eigenvalue weighted by atomic mass is 16.5. The minimum absolute atomic E-state index is 0.156. The summed E-state index contributed by atoms with van der Waals surface area (Å²) >= 11 is 0. The monoisotopic (exact) mass is 201 g/mol. The highest BCUT2D eigenvalue weighted by Crippen LogP contribution is 1.99. The average Bonchev–Trinajstić information content (AvgIpc) is 2.02. The van der Waals surface area contributed by atoms with Crippen molar-refractivity contribution in [3.05, 3.63) is 0 Å². The van der Waals surface area contributed by atoms with E-state index in [9.17, 15) is 9.59 Å². The van der Waals surface area contributed by atoms with Gasteiger partial charge in [0.05, 0.1) is 6.61 Å². The molecule has 0 radical (unpaired) electrons. The van der Waals surface area contributed by atoms with Crippen LogP contribution in [0.25, 0.3) is 0 Å². The highest BCUT2D eigenvalue weighted by molar-refractivity contribution is 5.94. The van der Waals surface area contributed by atoms with Crippen molar-refractivity contribution in [1.29, 1.82) is 0 Å². The predicted octanol–water partition coefficient (Wildman–Crippen LogP) is 1.05. The van der Waals surface area contributed by atoms with E-state index in [1.807, 2.05) is 13.8 Å². The Kier molecular flexibility index (Phi) is 5.92. The van der Waals surface area contributed by atoms with Crippen LogP contribution >= 0.6 is 0 Å². The van der Waals surface area contributed by atoms with Crippen LogP contribution in [-0.4, -0.2) is 37.0 Å². The molecular weight excluding hydrogens is 182 g/mol. The summed E-state index contributed by atoms with van der Waals surface area (Å²) < 4.78 is 4.68. The van der Waals surface area contributed by atoms with E-state index in [4.69, 9.17) is 0 Å². The SMILES string of the molecule is CCOC(=O)CC(=O)N(C)CC(C)C. The number of esters is 1. The largest absolute Gasteiger partial charge is 0.466 e. The Hall–Kier alpha value is -1.06. The number of rotatable bonds is 5. The number of amides is 1. The minimum atomic E-state index is -0.451. The maximum Gasteiger partial charge on any atom is 0.315 e. The van der Waals surface area contributed by atoms with E-state index < -0.39 is 5.97 Å². The van der Waals surface area contributed by atoms with Crippen molar-refractivity contribution in [2.45, 2.75) is 27.2 Å². The Balaban J connectivity index is 3.89. The molecule has 0 aromatic rings. The van der Waals surface area contributed by atoms with Gasteiger partial charge in [-0.15, -0.1) is 0 Å². The Bertz CT molecular complexity index is 202. The third-order valence-electron chi connectivity index (χ3n) is 1.67. The van der Waals surface area contributed by atoms with E-state index >= 15 is 0 Å². The summed E-state index contributed by atoms with van der Waals surface area (Å²) in [6.07, 6.45) is -0.156. The Morgan fingerprint density at radius 1 is 1.36 bits per heavy atom. The van der Waals surface area contributed by atoms with E-state index in [2.05, 4.69) is 4.74 Å². The van der Waals surface area contributed by atoms with Crippen LogP contribution in [0.4, 0.5) is 0 Å². The molecule has 0 aliphatic heterocycles. The fourth-order valence-corrected chi connectivity index (χ4v) is 1.12. The number of nitrogens with zero attached hydrogens (tertiary/aromatic N) is 1. The van der Waals surface area contributed by atoms with Gasteiger partial charge in [0.15, 0.2) is 0 Å². The quantitative estimate of drug-likeness (QED) is 0.493. The standard InChI is InChI=1S/C10H19NO3/c1-5-14-10(13)6-9(12)11(4)7-8(2)3/h8H,5-7H2,1-4H3. The van der Waals surface area contributed by atoms with E-state index in [1.165, 1.54) is 0 Å². The van der Waals surface area contributed by atoms with Crippen LogP contribution in [0.2, 0.25) is 0 Å². The number of ether oxygens (including phenoxy) is 1. The average molecular weight is 201 g/mol. The molecule has 0 atom stereocenters. The van der Waals surface area contributed by atoms with Crippen LogP contribution in [0.1, 0.15) is 27.2 Å². The van der Waals surface area contributed by atoms with Crippen LogP contribution in [0, 0.1) is 5.92 Å². The molecule has 4 heteroatoms. The molecule has 0 heterocycles. The van der Waals surface area contributed by atoms with Crippen LogP contribution in [0.5, 0.6) is 0 Å². The molecule has 0 aromatic carbocycles. The van der Waals surface area contributed by atoms with Gasteiger partial charge in [0, 0.05) is 13.6 Å². The Labute approximate surface area is 85.2 Å². The summed E-state index contributed by atoms with van der Waals surface area (Å²) in [7, 11) is 1.70. The molecule has 0 aliphatic rings. The van der Waals surface area contributed by atoms with Crippen LogP contribution in [0.15, 0.2) is 0 Å². The molecule has 0 saturated heterocycles. The van der Waals surface area contributed by atoms with Gasteiger partial charge in [-0.05, 0) is 12.8 Å². The zero-order chi connectivity index (χ0) is 11.1. The molecule has 0 saturated carbocycles. The zero-order valence-electron chi connectivity index (χ0n) is 9.37. The van der Waals surface area contributed by atoms with Crippen LogP contribution in [0.3, 0.4) is 0 Å². The molecule has 4 nitrogen and oxygen atoms in total. The molecule has 0 spiro atoms. The van der Waals surface area contributed by atoms with Crippen LogP contribution in [-0.2, 0) is 14.3 Å². The molecule has 0 N–H and O–H groups in total. The van der Waals surface area contributed by atoms with Gasteiger partial charge >= 0.3 is 5.97 Å². The first kappa shape index (κ1) is 12.9. The number of carbonyl (C=O) groups is 2. The van der Waals surface area contributed by atoms with Crippen molar-refractivity contribution in [3.63, 3.8) is 0 Å². The van der Waals surface area contributed by atoms with E-state index in [0.29, 0.717) is 19.1 Å². The molecule has 1 amide bonds. The van der Waals surface area contributed by atoms with Gasteiger partial charge in [-0.2, -0.15) is 0 Å². The Morgan fingerprint density at radius 2 is 1.93 bits per heavy atom. The molecule has 0 bridgehead atoms. The Morgan fingerprint density at radius 3 is 2.36 bits per heavy atom. The van der Waals surface area contributed by atoms with Gasteiger partial charge in [-0.3, -0.25) is 9.59 Å². The third-order valence-corrected chi connectivity index (χ3v) is 1.67. The summed E-state index contributed by atoms with van der Waals surface area (Å²) in [5, 5.41) is 0. The third kappa shape index (κ3) is 5.56.